The van der Waals surface area contributed by atoms with Crippen molar-refractivity contribution < 1.29 is 23.6 Å². The van der Waals surface area contributed by atoms with Crippen LogP contribution in [0.1, 0.15) is 113 Å². The average Bonchev–Trinajstić information content (AvgIpc) is 2.69. The van der Waals surface area contributed by atoms with Crippen LogP contribution in [0.25, 0.3) is 0 Å². The monoisotopic (exact) mass is 420 g/mol. The van der Waals surface area contributed by atoms with E-state index < -0.39 is 5.82 Å². The summed E-state index contributed by atoms with van der Waals surface area (Å²) in [6, 6.07) is 2.69. The van der Waals surface area contributed by atoms with Gasteiger partial charge in [0.1, 0.15) is 17.4 Å². The summed E-state index contributed by atoms with van der Waals surface area (Å²) in [4.78, 5) is 45.7. The smallest absolute Gasteiger partial charge is 0.166 e. The molecule has 0 bridgehead atoms. The van der Waals surface area contributed by atoms with E-state index in [1.54, 1.807) is 13.8 Å². The third-order valence-corrected chi connectivity index (χ3v) is 5.40. The fourth-order valence-electron chi connectivity index (χ4n) is 2.91. The van der Waals surface area contributed by atoms with Crippen molar-refractivity contribution in [2.75, 3.05) is 0 Å². The Bertz CT molecular complexity index is 765. The maximum absolute atomic E-state index is 14.0. The van der Waals surface area contributed by atoms with E-state index in [0.29, 0.717) is 36.8 Å². The third kappa shape index (κ3) is 8.29. The summed E-state index contributed by atoms with van der Waals surface area (Å²) < 4.78 is 14.0. The van der Waals surface area contributed by atoms with Gasteiger partial charge in [0, 0.05) is 41.4 Å². The molecule has 0 saturated carbocycles. The molecule has 2 atom stereocenters. The van der Waals surface area contributed by atoms with Gasteiger partial charge in [0.15, 0.2) is 11.6 Å². The van der Waals surface area contributed by atoms with E-state index in [1.165, 1.54) is 19.1 Å². The molecule has 1 aromatic rings. The Kier molecular flexibility index (Phi) is 12.2. The first-order valence-corrected chi connectivity index (χ1v) is 10.8. The zero-order valence-electron chi connectivity index (χ0n) is 19.7. The Hall–Kier alpha value is -2.17. The second kappa shape index (κ2) is 13.2. The second-order valence-electron chi connectivity index (χ2n) is 8.21. The summed E-state index contributed by atoms with van der Waals surface area (Å²) in [5.74, 6) is -0.631. The summed E-state index contributed by atoms with van der Waals surface area (Å²) in [5, 5.41) is 0. The lowest BCUT2D eigenvalue weighted by atomic mass is 9.84. The van der Waals surface area contributed by atoms with Crippen molar-refractivity contribution in [2.45, 2.75) is 87.0 Å². The van der Waals surface area contributed by atoms with E-state index in [9.17, 15) is 23.6 Å². The molecule has 0 fully saturated rings. The average molecular weight is 421 g/mol. The summed E-state index contributed by atoms with van der Waals surface area (Å²) in [6.07, 6.45) is 2.52. The molecule has 1 unspecified atom stereocenters. The minimum atomic E-state index is -0.411. The highest BCUT2D eigenvalue weighted by molar-refractivity contribution is 6.09. The van der Waals surface area contributed by atoms with Gasteiger partial charge in [-0.1, -0.05) is 41.5 Å². The number of benzene rings is 1. The van der Waals surface area contributed by atoms with Gasteiger partial charge in [-0.2, -0.15) is 0 Å². The lowest BCUT2D eigenvalue weighted by Gasteiger charge is -2.18. The first-order valence-electron chi connectivity index (χ1n) is 10.8. The SMILES string of the molecule is CCC(=O)CCC(C)C(C)=O.CC[C@@H](C)C(=O)c1c(C(C)=O)ccc(F)c1C(C)C. The van der Waals surface area contributed by atoms with Crippen LogP contribution in [0.5, 0.6) is 0 Å². The maximum Gasteiger partial charge on any atom is 0.166 e. The van der Waals surface area contributed by atoms with Crippen molar-refractivity contribution >= 4 is 23.1 Å². The molecule has 0 spiro atoms. The van der Waals surface area contributed by atoms with E-state index in [-0.39, 0.29) is 46.5 Å². The van der Waals surface area contributed by atoms with Gasteiger partial charge < -0.3 is 0 Å². The van der Waals surface area contributed by atoms with E-state index in [4.69, 9.17) is 0 Å². The minimum Gasteiger partial charge on any atom is -0.300 e. The van der Waals surface area contributed by atoms with Crippen LogP contribution in [-0.2, 0) is 9.59 Å². The lowest BCUT2D eigenvalue weighted by molar-refractivity contribution is -0.121. The molecule has 0 aromatic heterocycles. The molecule has 1 aromatic carbocycles. The van der Waals surface area contributed by atoms with Gasteiger partial charge in [0.2, 0.25) is 0 Å². The Morgan fingerprint density at radius 2 is 1.50 bits per heavy atom. The first kappa shape index (κ1) is 27.8. The van der Waals surface area contributed by atoms with Gasteiger partial charge in [-0.05, 0) is 44.7 Å². The van der Waals surface area contributed by atoms with Gasteiger partial charge in [0.25, 0.3) is 0 Å². The summed E-state index contributed by atoms with van der Waals surface area (Å²) in [5.41, 5.74) is 0.963. The number of carbonyl (C=O) groups is 4. The predicted octanol–water partition coefficient (Wildman–Crippen LogP) is 6.35. The van der Waals surface area contributed by atoms with Gasteiger partial charge in [-0.15, -0.1) is 0 Å². The Morgan fingerprint density at radius 3 is 1.90 bits per heavy atom. The first-order chi connectivity index (χ1) is 13.9. The number of carbonyl (C=O) groups excluding carboxylic acids is 4. The van der Waals surface area contributed by atoms with E-state index in [2.05, 4.69) is 0 Å². The van der Waals surface area contributed by atoms with Crippen LogP contribution in [0.4, 0.5) is 4.39 Å². The Labute approximate surface area is 180 Å². The molecular formula is C25H37FO4. The van der Waals surface area contributed by atoms with Crippen LogP contribution in [0.15, 0.2) is 12.1 Å². The highest BCUT2D eigenvalue weighted by atomic mass is 19.1. The largest absolute Gasteiger partial charge is 0.300 e. The van der Waals surface area contributed by atoms with Crippen molar-refractivity contribution in [3.05, 3.63) is 34.6 Å². The van der Waals surface area contributed by atoms with Crippen molar-refractivity contribution in [2.24, 2.45) is 11.8 Å². The normalized spacial score (nSPS) is 12.6. The summed E-state index contributed by atoms with van der Waals surface area (Å²) >= 11 is 0. The van der Waals surface area contributed by atoms with Gasteiger partial charge in [0.05, 0.1) is 0 Å². The molecule has 0 amide bonds. The number of rotatable bonds is 10. The molecule has 0 aliphatic carbocycles. The zero-order valence-corrected chi connectivity index (χ0v) is 19.7. The van der Waals surface area contributed by atoms with Crippen molar-refractivity contribution in [3.8, 4) is 0 Å². The molecule has 0 N–H and O–H groups in total. The molecule has 168 valence electrons. The molecule has 30 heavy (non-hydrogen) atoms. The fraction of sp³-hybridized carbons (Fsp3) is 0.600. The molecule has 0 heterocycles. The number of hydrogen-bond acceptors (Lipinski definition) is 4. The fourth-order valence-corrected chi connectivity index (χ4v) is 2.91. The van der Waals surface area contributed by atoms with Gasteiger partial charge in [-0.3, -0.25) is 19.2 Å². The number of hydrogen-bond donors (Lipinski definition) is 0. The second-order valence-corrected chi connectivity index (χ2v) is 8.21. The van der Waals surface area contributed by atoms with Crippen LogP contribution in [0, 0.1) is 17.7 Å². The molecule has 4 nitrogen and oxygen atoms in total. The minimum absolute atomic E-state index is 0.0468. The molecular weight excluding hydrogens is 383 g/mol. The quantitative estimate of drug-likeness (QED) is 0.414. The van der Waals surface area contributed by atoms with Crippen LogP contribution in [0.2, 0.25) is 0 Å². The Balaban J connectivity index is 0.000000654. The van der Waals surface area contributed by atoms with Crippen molar-refractivity contribution in [1.82, 2.24) is 0 Å². The molecule has 1 rings (SSSR count). The number of Topliss-reactive ketones (excluding diaryl/α,β-unsaturated/α-hetero) is 4. The Morgan fingerprint density at radius 1 is 0.933 bits per heavy atom. The summed E-state index contributed by atoms with van der Waals surface area (Å²) in [7, 11) is 0. The predicted molar refractivity (Wildman–Crippen MR) is 119 cm³/mol. The topological polar surface area (TPSA) is 68.3 Å². The third-order valence-electron chi connectivity index (χ3n) is 5.40. The number of ketones is 4. The van der Waals surface area contributed by atoms with Crippen molar-refractivity contribution in [1.29, 1.82) is 0 Å². The molecule has 5 heteroatoms. The number of halogens is 1. The van der Waals surface area contributed by atoms with E-state index in [0.717, 1.165) is 0 Å². The van der Waals surface area contributed by atoms with E-state index >= 15 is 0 Å². The lowest BCUT2D eigenvalue weighted by Crippen LogP contribution is -2.18. The standard InChI is InChI=1S/C16H21FO2.C9H16O2/c1-6-10(4)16(19)15-12(11(5)18)7-8-13(17)14(15)9(2)3;1-4-9(11)6-5-7(2)8(3)10/h7-10H,6H2,1-5H3;7H,4-6H2,1-3H3/t10-;/m1./s1. The van der Waals surface area contributed by atoms with Crippen LogP contribution in [-0.4, -0.2) is 23.1 Å². The van der Waals surface area contributed by atoms with Crippen molar-refractivity contribution in [3.63, 3.8) is 0 Å². The van der Waals surface area contributed by atoms with Gasteiger partial charge >= 0.3 is 0 Å². The molecule has 0 radical (unpaired) electrons. The van der Waals surface area contributed by atoms with Crippen LogP contribution >= 0.6 is 0 Å². The van der Waals surface area contributed by atoms with Crippen LogP contribution in [0.3, 0.4) is 0 Å². The summed E-state index contributed by atoms with van der Waals surface area (Å²) in [6.45, 7) is 14.1. The highest BCUT2D eigenvalue weighted by Gasteiger charge is 2.26. The van der Waals surface area contributed by atoms with E-state index in [1.807, 2.05) is 34.6 Å². The molecule has 0 aliphatic heterocycles. The van der Waals surface area contributed by atoms with Gasteiger partial charge in [-0.25, -0.2) is 4.39 Å². The highest BCUT2D eigenvalue weighted by Crippen LogP contribution is 2.29. The van der Waals surface area contributed by atoms with Crippen LogP contribution < -0.4 is 0 Å². The zero-order chi connectivity index (χ0) is 23.6. The molecule has 0 aliphatic rings. The molecule has 0 saturated heterocycles. The maximum atomic E-state index is 14.0.